The number of aliphatic carboxylic acids is 3. The van der Waals surface area contributed by atoms with Crippen LogP contribution in [0, 0.1) is 17.8 Å². The zero-order valence-electron chi connectivity index (χ0n) is 48.8. The fourth-order valence-corrected chi connectivity index (χ4v) is 10.6. The SMILES string of the molecule is CCOc1ccc(C(=O)N2CCN(c3ccc(-c4cccnc4OCC)nc3CNCCCNC(=O)[C@H](N)CC(=O)NCCOCCNC(=O)CC3CCC(CC(=O)O)CCC(CC(=O)O)CCN(CC(=O)O)CC3)[C@H](CC)C2)c(C(F)(F)F)n1. The molecule has 24 nitrogen and oxygen atoms in total. The number of ether oxygens (including phenoxy) is 3. The molecule has 470 valence electrons. The van der Waals surface area contributed by atoms with Gasteiger partial charge in [-0.25, -0.2) is 15.0 Å². The number of nitrogens with zero attached hydrogens (tertiary/aromatic N) is 6. The molecule has 9 N–H and O–H groups in total. The number of amides is 4. The molecule has 3 unspecified atom stereocenters. The Bertz CT molecular complexity index is 2640. The third kappa shape index (κ3) is 23.3. The van der Waals surface area contributed by atoms with E-state index in [1.165, 1.54) is 11.0 Å². The van der Waals surface area contributed by atoms with Crippen LogP contribution in [0.4, 0.5) is 18.9 Å². The molecule has 2 aliphatic rings. The van der Waals surface area contributed by atoms with Gasteiger partial charge in [-0.15, -0.1) is 0 Å². The summed E-state index contributed by atoms with van der Waals surface area (Å²) in [6, 6.07) is 8.37. The number of carbonyl (C=O) groups is 7. The predicted molar refractivity (Wildman–Crippen MR) is 307 cm³/mol. The van der Waals surface area contributed by atoms with Crippen molar-refractivity contribution in [2.45, 2.75) is 123 Å². The monoisotopic (exact) mass is 1200 g/mol. The lowest BCUT2D eigenvalue weighted by molar-refractivity contribution is -0.142. The van der Waals surface area contributed by atoms with E-state index in [4.69, 9.17) is 24.9 Å². The number of carbonyl (C=O) groups excluding carboxylic acids is 4. The standard InChI is InChI=1S/C58H84F3N11O13/c1-4-41-36-71(57(82)43-14-17-50(84-5-2)69-54(43)58(59,60)61)27-28-72(41)47-16-15-45(42-9-7-21-67-56(42)85-6-3)68-46(47)35-63-20-8-22-66-55(81)44(62)34-49(74)65-24-30-83-29-23-64-48(73)31-39-12-10-38(32-51(75)76)11-13-40(33-52(77)78)19-26-70(25-18-39)37-53(79)80/h7,9,14-17,21,38-41,44,63H,4-6,8,10-13,18-20,22-37,62H2,1-3H3,(H,64,73)(H,65,74)(H,66,81)(H,75,76)(H,77,78)(H,79,80)/t38?,39?,40?,41-,44-/m1/s1. The first-order valence-electron chi connectivity index (χ1n) is 29.3. The number of rotatable bonds is 31. The maximum absolute atomic E-state index is 14.2. The predicted octanol–water partition coefficient (Wildman–Crippen LogP) is 4.59. The number of hydrogen-bond acceptors (Lipinski definition) is 17. The van der Waals surface area contributed by atoms with Crippen LogP contribution in [0.1, 0.15) is 120 Å². The number of nitrogens with one attached hydrogen (secondary N) is 4. The van der Waals surface area contributed by atoms with Crippen LogP contribution < -0.4 is 41.4 Å². The Morgan fingerprint density at radius 1 is 0.729 bits per heavy atom. The number of carboxylic acid groups (broad SMARTS) is 3. The van der Waals surface area contributed by atoms with Gasteiger partial charge in [0.2, 0.25) is 29.5 Å². The van der Waals surface area contributed by atoms with Crippen LogP contribution >= 0.6 is 0 Å². The number of hydrogen-bond donors (Lipinski definition) is 8. The molecule has 3 aromatic heterocycles. The van der Waals surface area contributed by atoms with Crippen LogP contribution in [0.5, 0.6) is 11.8 Å². The lowest BCUT2D eigenvalue weighted by Gasteiger charge is -2.43. The molecule has 0 aromatic carbocycles. The maximum atomic E-state index is 14.2. The van der Waals surface area contributed by atoms with Crippen molar-refractivity contribution in [2.24, 2.45) is 23.5 Å². The van der Waals surface area contributed by atoms with E-state index in [1.54, 1.807) is 24.1 Å². The van der Waals surface area contributed by atoms with E-state index in [0.29, 0.717) is 107 Å². The quantitative estimate of drug-likeness (QED) is 0.0409. The summed E-state index contributed by atoms with van der Waals surface area (Å²) < 4.78 is 59.1. The molecule has 0 bridgehead atoms. The fourth-order valence-electron chi connectivity index (χ4n) is 10.6. The number of nitrogens with two attached hydrogens (primary N) is 1. The van der Waals surface area contributed by atoms with Gasteiger partial charge in [0.25, 0.3) is 5.91 Å². The lowest BCUT2D eigenvalue weighted by Crippen LogP contribution is -2.55. The Morgan fingerprint density at radius 3 is 2.00 bits per heavy atom. The molecule has 0 radical (unpaired) electrons. The van der Waals surface area contributed by atoms with E-state index in [0.717, 1.165) is 11.8 Å². The Hall–Kier alpha value is -7.23. The van der Waals surface area contributed by atoms with Crippen molar-refractivity contribution in [3.63, 3.8) is 0 Å². The fraction of sp³-hybridized carbons (Fsp3) is 0.621. The third-order valence-corrected chi connectivity index (χ3v) is 14.9. The minimum atomic E-state index is -4.89. The number of carboxylic acids is 3. The molecule has 0 aliphatic carbocycles. The van der Waals surface area contributed by atoms with Crippen molar-refractivity contribution >= 4 is 47.2 Å². The van der Waals surface area contributed by atoms with Crippen molar-refractivity contribution < 1.29 is 76.3 Å². The number of alkyl halides is 3. The summed E-state index contributed by atoms with van der Waals surface area (Å²) in [5, 5.41) is 40.2. The number of aromatic nitrogens is 3. The molecule has 5 atom stereocenters. The Balaban J connectivity index is 1.05. The van der Waals surface area contributed by atoms with Gasteiger partial charge in [-0.1, -0.05) is 6.92 Å². The smallest absolute Gasteiger partial charge is 0.434 e. The first-order valence-corrected chi connectivity index (χ1v) is 29.3. The first kappa shape index (κ1) is 68.5. The molecule has 2 saturated heterocycles. The maximum Gasteiger partial charge on any atom is 0.434 e. The van der Waals surface area contributed by atoms with Gasteiger partial charge in [-0.3, -0.25) is 38.5 Å². The summed E-state index contributed by atoms with van der Waals surface area (Å²) in [5.41, 5.74) is 6.92. The van der Waals surface area contributed by atoms with Crippen LogP contribution in [0.2, 0.25) is 0 Å². The molecule has 4 amide bonds. The Kier molecular flexibility index (Phi) is 28.5. The van der Waals surface area contributed by atoms with E-state index >= 15 is 0 Å². The molecular weight excluding hydrogens is 1120 g/mol. The highest BCUT2D eigenvalue weighted by atomic mass is 19.4. The van der Waals surface area contributed by atoms with Crippen LogP contribution in [0.25, 0.3) is 11.3 Å². The number of piperazine rings is 1. The second-order valence-corrected chi connectivity index (χ2v) is 21.3. The van der Waals surface area contributed by atoms with Crippen LogP contribution in [-0.2, 0) is 46.2 Å². The average molecular weight is 1200 g/mol. The third-order valence-electron chi connectivity index (χ3n) is 14.9. The minimum Gasteiger partial charge on any atom is -0.481 e. The van der Waals surface area contributed by atoms with Crippen molar-refractivity contribution in [3.05, 3.63) is 59.5 Å². The van der Waals surface area contributed by atoms with Crippen molar-refractivity contribution in [3.8, 4) is 23.0 Å². The van der Waals surface area contributed by atoms with Gasteiger partial charge < -0.3 is 66.3 Å². The number of pyridine rings is 3. The summed E-state index contributed by atoms with van der Waals surface area (Å²) in [4.78, 5) is 106. The van der Waals surface area contributed by atoms with Gasteiger partial charge in [0.05, 0.1) is 73.6 Å². The summed E-state index contributed by atoms with van der Waals surface area (Å²) in [7, 11) is 0. The number of halogens is 3. The topological polar surface area (TPSA) is 330 Å². The second kappa shape index (κ2) is 35.3. The highest BCUT2D eigenvalue weighted by Gasteiger charge is 2.40. The molecular formula is C58H84F3N11O13. The van der Waals surface area contributed by atoms with E-state index in [9.17, 15) is 62.1 Å². The van der Waals surface area contributed by atoms with Gasteiger partial charge in [0.15, 0.2) is 5.69 Å². The van der Waals surface area contributed by atoms with Gasteiger partial charge in [0.1, 0.15) is 0 Å². The lowest BCUT2D eigenvalue weighted by atomic mass is 9.83. The average Bonchev–Trinajstić information content (AvgIpc) is 1.92. The second-order valence-electron chi connectivity index (χ2n) is 21.3. The molecule has 0 saturated carbocycles. The largest absolute Gasteiger partial charge is 0.481 e. The zero-order valence-corrected chi connectivity index (χ0v) is 48.8. The molecule has 5 heterocycles. The molecule has 27 heteroatoms. The van der Waals surface area contributed by atoms with Crippen LogP contribution in [0.3, 0.4) is 0 Å². The summed E-state index contributed by atoms with van der Waals surface area (Å²) >= 11 is 0. The first-order chi connectivity index (χ1) is 40.7. The molecule has 0 spiro atoms. The highest BCUT2D eigenvalue weighted by Crippen LogP contribution is 2.35. The molecule has 85 heavy (non-hydrogen) atoms. The van der Waals surface area contributed by atoms with E-state index < -0.39 is 59.1 Å². The molecule has 3 aromatic rings. The highest BCUT2D eigenvalue weighted by molar-refractivity contribution is 5.96. The number of anilines is 1. The van der Waals surface area contributed by atoms with Crippen LogP contribution in [0.15, 0.2) is 42.6 Å². The van der Waals surface area contributed by atoms with Gasteiger partial charge in [-0.05, 0) is 133 Å². The Labute approximate surface area is 493 Å². The summed E-state index contributed by atoms with van der Waals surface area (Å²) in [5.74, 6) is -5.27. The van der Waals surface area contributed by atoms with E-state index in [1.807, 2.05) is 32.0 Å². The van der Waals surface area contributed by atoms with Gasteiger partial charge >= 0.3 is 24.1 Å². The zero-order chi connectivity index (χ0) is 61.9. The van der Waals surface area contributed by atoms with Crippen molar-refractivity contribution in [1.29, 1.82) is 0 Å². The van der Waals surface area contributed by atoms with E-state index in [2.05, 4.69) is 36.1 Å². The van der Waals surface area contributed by atoms with Crippen LogP contribution in [-0.4, -0.2) is 186 Å². The summed E-state index contributed by atoms with van der Waals surface area (Å²) in [6.07, 6.45) is 0.558. The van der Waals surface area contributed by atoms with E-state index in [-0.39, 0.29) is 127 Å². The normalized spacial score (nSPS) is 18.5. The molecule has 5 rings (SSSR count). The molecule has 2 fully saturated rings. The van der Waals surface area contributed by atoms with Crippen molar-refractivity contribution in [2.75, 3.05) is 96.8 Å². The summed E-state index contributed by atoms with van der Waals surface area (Å²) in [6.45, 7) is 8.52. The molecule has 2 aliphatic heterocycles. The Morgan fingerprint density at radius 2 is 1.38 bits per heavy atom. The van der Waals surface area contributed by atoms with Crippen molar-refractivity contribution in [1.82, 2.24) is 46.0 Å². The van der Waals surface area contributed by atoms with Gasteiger partial charge in [0, 0.05) is 83.4 Å². The minimum absolute atomic E-state index is 0.0640. The van der Waals surface area contributed by atoms with Gasteiger partial charge in [-0.2, -0.15) is 13.2 Å².